The first kappa shape index (κ1) is 14.8. The van der Waals surface area contributed by atoms with Crippen LogP contribution in [0.4, 0.5) is 11.4 Å². The molecule has 1 unspecified atom stereocenters. The van der Waals surface area contributed by atoms with Crippen LogP contribution in [0, 0.1) is 24.0 Å². The lowest BCUT2D eigenvalue weighted by atomic mass is 9.93. The summed E-state index contributed by atoms with van der Waals surface area (Å²) in [5.74, 6) is 0. The summed E-state index contributed by atoms with van der Waals surface area (Å²) in [5, 5.41) is 14.5. The molecule has 0 bridgehead atoms. The van der Waals surface area contributed by atoms with E-state index in [1.165, 1.54) is 0 Å². The van der Waals surface area contributed by atoms with E-state index >= 15 is 0 Å². The molecule has 0 spiro atoms. The molecule has 110 valence electrons. The van der Waals surface area contributed by atoms with Crippen molar-refractivity contribution in [1.29, 1.82) is 0 Å². The van der Waals surface area contributed by atoms with Gasteiger partial charge in [0.25, 0.3) is 5.69 Å². The van der Waals surface area contributed by atoms with E-state index < -0.39 is 0 Å². The fourth-order valence-corrected chi connectivity index (χ4v) is 2.77. The summed E-state index contributed by atoms with van der Waals surface area (Å²) in [6, 6.07) is 3.80. The molecule has 0 amide bonds. The molecule has 0 aliphatic carbocycles. The van der Waals surface area contributed by atoms with Gasteiger partial charge in [-0.1, -0.05) is 0 Å². The Bertz CT molecular complexity index is 526. The van der Waals surface area contributed by atoms with Crippen LogP contribution in [0.2, 0.25) is 0 Å². The number of hydrogen-bond donors (Lipinski definition) is 1. The molecule has 0 aromatic heterocycles. The number of nitrogens with zero attached hydrogens (tertiary/aromatic N) is 1. The Balaban J connectivity index is 2.21. The summed E-state index contributed by atoms with van der Waals surface area (Å²) in [7, 11) is 0. The van der Waals surface area contributed by atoms with Crippen molar-refractivity contribution in [2.24, 2.45) is 0 Å². The summed E-state index contributed by atoms with van der Waals surface area (Å²) in [6.07, 6.45) is 1.82. The van der Waals surface area contributed by atoms with E-state index in [9.17, 15) is 10.1 Å². The molecule has 5 nitrogen and oxygen atoms in total. The van der Waals surface area contributed by atoms with Crippen LogP contribution < -0.4 is 5.32 Å². The maximum atomic E-state index is 11.0. The predicted molar refractivity (Wildman–Crippen MR) is 79.2 cm³/mol. The van der Waals surface area contributed by atoms with Crippen LogP contribution in [-0.2, 0) is 4.74 Å². The van der Waals surface area contributed by atoms with Crippen molar-refractivity contribution < 1.29 is 9.66 Å². The number of hydrogen-bond acceptors (Lipinski definition) is 4. The van der Waals surface area contributed by atoms with E-state index in [2.05, 4.69) is 19.2 Å². The van der Waals surface area contributed by atoms with Gasteiger partial charge in [-0.2, -0.15) is 0 Å². The Morgan fingerprint density at radius 3 is 2.65 bits per heavy atom. The van der Waals surface area contributed by atoms with Gasteiger partial charge in [0.1, 0.15) is 0 Å². The number of ether oxygens (including phenoxy) is 1. The molecule has 5 heteroatoms. The van der Waals surface area contributed by atoms with Crippen molar-refractivity contribution in [2.45, 2.75) is 52.2 Å². The van der Waals surface area contributed by atoms with Crippen molar-refractivity contribution in [3.05, 3.63) is 33.4 Å². The zero-order chi connectivity index (χ0) is 14.9. The molecule has 20 heavy (non-hydrogen) atoms. The summed E-state index contributed by atoms with van der Waals surface area (Å²) in [6.45, 7) is 8.62. The van der Waals surface area contributed by atoms with Crippen molar-refractivity contribution in [3.8, 4) is 0 Å². The highest BCUT2D eigenvalue weighted by atomic mass is 16.6. The Morgan fingerprint density at radius 2 is 2.05 bits per heavy atom. The minimum absolute atomic E-state index is 0.138. The van der Waals surface area contributed by atoms with Gasteiger partial charge in [-0.3, -0.25) is 10.1 Å². The highest BCUT2D eigenvalue weighted by Crippen LogP contribution is 2.30. The normalized spacial score (nSPS) is 21.5. The smallest absolute Gasteiger partial charge is 0.274 e. The quantitative estimate of drug-likeness (QED) is 0.678. The Morgan fingerprint density at radius 1 is 1.35 bits per heavy atom. The van der Waals surface area contributed by atoms with E-state index in [1.54, 1.807) is 13.0 Å². The molecule has 0 radical (unpaired) electrons. The molecule has 1 aromatic carbocycles. The van der Waals surface area contributed by atoms with E-state index in [0.29, 0.717) is 11.6 Å². The van der Waals surface area contributed by atoms with E-state index in [-0.39, 0.29) is 16.2 Å². The second-order valence-electron chi connectivity index (χ2n) is 6.15. The minimum Gasteiger partial charge on any atom is -0.382 e. The first-order chi connectivity index (χ1) is 9.28. The van der Waals surface area contributed by atoms with Crippen molar-refractivity contribution in [3.63, 3.8) is 0 Å². The molecule has 1 fully saturated rings. The molecule has 1 heterocycles. The second kappa shape index (κ2) is 5.40. The lowest BCUT2D eigenvalue weighted by Crippen LogP contribution is -2.40. The standard InChI is InChI=1S/C15H22N2O3/c1-10-7-11(2)14(17(18)19)8-13(10)16-12-5-6-20-15(3,4)9-12/h7-8,12,16H,5-6,9H2,1-4H3. The van der Waals surface area contributed by atoms with E-state index in [0.717, 1.165) is 30.7 Å². The lowest BCUT2D eigenvalue weighted by molar-refractivity contribution is -0.385. The maximum absolute atomic E-state index is 11.0. The predicted octanol–water partition coefficient (Wildman–Crippen LogP) is 3.58. The van der Waals surface area contributed by atoms with Crippen LogP contribution in [0.1, 0.15) is 37.8 Å². The number of anilines is 1. The molecule has 1 aliphatic heterocycles. The van der Waals surface area contributed by atoms with Gasteiger partial charge in [-0.15, -0.1) is 0 Å². The van der Waals surface area contributed by atoms with Gasteiger partial charge in [0.2, 0.25) is 0 Å². The third-order valence-corrected chi connectivity index (χ3v) is 3.80. The fourth-order valence-electron chi connectivity index (χ4n) is 2.77. The van der Waals surface area contributed by atoms with Crippen LogP contribution in [-0.4, -0.2) is 23.2 Å². The molecular weight excluding hydrogens is 256 g/mol. The Labute approximate surface area is 119 Å². The van der Waals surface area contributed by atoms with Gasteiger partial charge in [0.05, 0.1) is 10.5 Å². The highest BCUT2D eigenvalue weighted by molar-refractivity contribution is 5.60. The first-order valence-corrected chi connectivity index (χ1v) is 6.94. The molecule has 1 saturated heterocycles. The topological polar surface area (TPSA) is 64.4 Å². The van der Waals surface area contributed by atoms with Gasteiger partial charge in [-0.25, -0.2) is 0 Å². The average molecular weight is 278 g/mol. The minimum atomic E-state index is -0.326. The number of rotatable bonds is 3. The number of aryl methyl sites for hydroxylation is 2. The summed E-state index contributed by atoms with van der Waals surface area (Å²) in [5.41, 5.74) is 2.62. The van der Waals surface area contributed by atoms with Crippen molar-refractivity contribution in [2.75, 3.05) is 11.9 Å². The molecule has 0 saturated carbocycles. The summed E-state index contributed by atoms with van der Waals surface area (Å²) < 4.78 is 5.70. The van der Waals surface area contributed by atoms with Crippen LogP contribution in [0.25, 0.3) is 0 Å². The molecule has 1 atom stereocenters. The largest absolute Gasteiger partial charge is 0.382 e. The molecule has 1 aromatic rings. The van der Waals surface area contributed by atoms with E-state index in [1.807, 2.05) is 13.0 Å². The SMILES string of the molecule is Cc1cc(C)c([N+](=O)[O-])cc1NC1CCOC(C)(C)C1. The van der Waals surface area contributed by atoms with Gasteiger partial charge < -0.3 is 10.1 Å². The number of nitrogens with one attached hydrogen (secondary N) is 1. The maximum Gasteiger partial charge on any atom is 0.274 e. The van der Waals surface area contributed by atoms with Crippen molar-refractivity contribution in [1.82, 2.24) is 0 Å². The fraction of sp³-hybridized carbons (Fsp3) is 0.600. The third kappa shape index (κ3) is 3.28. The monoisotopic (exact) mass is 278 g/mol. The lowest BCUT2D eigenvalue weighted by Gasteiger charge is -2.36. The Hall–Kier alpha value is -1.62. The van der Waals surface area contributed by atoms with E-state index in [4.69, 9.17) is 4.74 Å². The number of nitro benzene ring substituents is 1. The second-order valence-corrected chi connectivity index (χ2v) is 6.15. The van der Waals surface area contributed by atoms with Gasteiger partial charge in [0, 0.05) is 30.0 Å². The first-order valence-electron chi connectivity index (χ1n) is 6.94. The average Bonchev–Trinajstić information content (AvgIpc) is 2.31. The summed E-state index contributed by atoms with van der Waals surface area (Å²) in [4.78, 5) is 10.7. The number of benzene rings is 1. The molecule has 1 N–H and O–H groups in total. The highest BCUT2D eigenvalue weighted by Gasteiger charge is 2.29. The van der Waals surface area contributed by atoms with Crippen LogP contribution in [0.15, 0.2) is 12.1 Å². The zero-order valence-corrected chi connectivity index (χ0v) is 12.5. The van der Waals surface area contributed by atoms with Crippen LogP contribution in [0.5, 0.6) is 0 Å². The Kier molecular flexibility index (Phi) is 3.99. The number of nitro groups is 1. The van der Waals surface area contributed by atoms with Crippen LogP contribution >= 0.6 is 0 Å². The van der Waals surface area contributed by atoms with Crippen molar-refractivity contribution >= 4 is 11.4 Å². The van der Waals surface area contributed by atoms with Gasteiger partial charge >= 0.3 is 0 Å². The van der Waals surface area contributed by atoms with Gasteiger partial charge in [-0.05, 0) is 52.2 Å². The zero-order valence-electron chi connectivity index (χ0n) is 12.5. The van der Waals surface area contributed by atoms with Crippen LogP contribution in [0.3, 0.4) is 0 Å². The van der Waals surface area contributed by atoms with Gasteiger partial charge in [0.15, 0.2) is 0 Å². The molecular formula is C15H22N2O3. The molecule has 2 rings (SSSR count). The molecule has 1 aliphatic rings. The summed E-state index contributed by atoms with van der Waals surface area (Å²) >= 11 is 0. The third-order valence-electron chi connectivity index (χ3n) is 3.80.